The minimum Gasteiger partial charge on any atom is -0.462 e. The average Bonchev–Trinajstić information content (AvgIpc) is 3.46. The van der Waals surface area contributed by atoms with Crippen molar-refractivity contribution >= 4 is 11.9 Å². The first kappa shape index (κ1) is 31.8. The molecule has 3 aliphatic heterocycles. The van der Waals surface area contributed by atoms with Crippen LogP contribution in [0.15, 0.2) is 30.3 Å². The second-order valence-electron chi connectivity index (χ2n) is 13.5. The van der Waals surface area contributed by atoms with Crippen LogP contribution in [0.3, 0.4) is 0 Å². The highest BCUT2D eigenvalue weighted by molar-refractivity contribution is 5.75. The lowest BCUT2D eigenvalue weighted by Gasteiger charge is -2.52. The molecule has 4 rings (SSSR count). The van der Waals surface area contributed by atoms with Crippen LogP contribution in [0.1, 0.15) is 61.0 Å². The van der Waals surface area contributed by atoms with Gasteiger partial charge in [-0.15, -0.1) is 0 Å². The van der Waals surface area contributed by atoms with E-state index in [9.17, 15) is 19.8 Å². The van der Waals surface area contributed by atoms with E-state index in [1.807, 2.05) is 30.3 Å². The molecule has 0 aliphatic carbocycles. The lowest BCUT2D eigenvalue weighted by Crippen LogP contribution is -2.77. The van der Waals surface area contributed by atoms with Crippen LogP contribution < -0.4 is 0 Å². The fraction of sp³-hybridized carbons (Fsp3) is 0.733. The molecule has 7 atom stereocenters. The Morgan fingerprint density at radius 2 is 1.63 bits per heavy atom. The SMILES string of the molecule is CC1(C)O[C@H]2[C@@H](OCc3ccccc3)[C@H]3CO[C@H](O3)[C@@]2([C@](O)(COC(=O)C(C)(C)C)[C@H](O)COC(=O)C(C)(C)C)O1. The topological polar surface area (TPSA) is 139 Å². The quantitative estimate of drug-likeness (QED) is 0.417. The molecule has 2 N–H and O–H groups in total. The van der Waals surface area contributed by atoms with E-state index >= 15 is 0 Å². The highest BCUT2D eigenvalue weighted by Gasteiger charge is 2.78. The molecule has 11 nitrogen and oxygen atoms in total. The van der Waals surface area contributed by atoms with E-state index < -0.39 is 83.7 Å². The largest absolute Gasteiger partial charge is 0.462 e. The number of esters is 2. The van der Waals surface area contributed by atoms with Gasteiger partial charge in [0.15, 0.2) is 23.3 Å². The third kappa shape index (κ3) is 6.17. The Labute approximate surface area is 241 Å². The van der Waals surface area contributed by atoms with Crippen LogP contribution in [0.5, 0.6) is 0 Å². The van der Waals surface area contributed by atoms with Crippen molar-refractivity contribution in [2.45, 2.75) is 110 Å². The monoisotopic (exact) mass is 580 g/mol. The fourth-order valence-corrected chi connectivity index (χ4v) is 5.26. The van der Waals surface area contributed by atoms with Crippen LogP contribution in [0.2, 0.25) is 0 Å². The van der Waals surface area contributed by atoms with Crippen molar-refractivity contribution in [3.05, 3.63) is 35.9 Å². The van der Waals surface area contributed by atoms with Gasteiger partial charge >= 0.3 is 11.9 Å². The number of ether oxygens (including phenoxy) is 7. The van der Waals surface area contributed by atoms with Crippen LogP contribution >= 0.6 is 0 Å². The van der Waals surface area contributed by atoms with Gasteiger partial charge in [0.25, 0.3) is 0 Å². The standard InChI is InChI=1S/C30H44O11/c1-26(2,3)23(32)36-16-20(31)29(34,17-38-24(33)27(4,5)6)30-22(40-28(7,8)41-30)21(19-15-37-25(30)39-19)35-14-18-12-10-9-11-13-18/h9-13,19-22,25,31,34H,14-17H2,1-8H3/t19-,20-,21+,22+,25-,29+,30+/m1/s1. The molecule has 2 bridgehead atoms. The Balaban J connectivity index is 1.73. The Hall–Kier alpha value is -2.12. The highest BCUT2D eigenvalue weighted by atomic mass is 16.8. The zero-order chi connectivity index (χ0) is 30.4. The van der Waals surface area contributed by atoms with Crippen molar-refractivity contribution in [3.8, 4) is 0 Å². The molecule has 0 aromatic heterocycles. The van der Waals surface area contributed by atoms with Crippen molar-refractivity contribution in [1.29, 1.82) is 0 Å². The molecule has 11 heteroatoms. The summed E-state index contributed by atoms with van der Waals surface area (Å²) in [6.45, 7) is 12.3. The van der Waals surface area contributed by atoms with Crippen LogP contribution in [-0.2, 0) is 49.4 Å². The zero-order valence-electron chi connectivity index (χ0n) is 25.2. The first-order valence-corrected chi connectivity index (χ1v) is 14.0. The van der Waals surface area contributed by atoms with Crippen molar-refractivity contribution < 1.29 is 53.0 Å². The van der Waals surface area contributed by atoms with Gasteiger partial charge < -0.3 is 43.4 Å². The predicted octanol–water partition coefficient (Wildman–Crippen LogP) is 2.49. The van der Waals surface area contributed by atoms with E-state index in [2.05, 4.69) is 0 Å². The summed E-state index contributed by atoms with van der Waals surface area (Å²) < 4.78 is 42.3. The van der Waals surface area contributed by atoms with Gasteiger partial charge in [-0.3, -0.25) is 9.59 Å². The Bertz CT molecular complexity index is 1090. The van der Waals surface area contributed by atoms with E-state index in [0.717, 1.165) is 5.56 Å². The van der Waals surface area contributed by atoms with Gasteiger partial charge in [0, 0.05) is 0 Å². The molecule has 41 heavy (non-hydrogen) atoms. The number of aliphatic hydroxyl groups is 2. The van der Waals surface area contributed by atoms with Crippen molar-refractivity contribution in [3.63, 3.8) is 0 Å². The average molecular weight is 581 g/mol. The minimum absolute atomic E-state index is 0.114. The zero-order valence-corrected chi connectivity index (χ0v) is 25.2. The molecule has 230 valence electrons. The number of rotatable bonds is 9. The maximum Gasteiger partial charge on any atom is 0.311 e. The maximum atomic E-state index is 12.9. The molecule has 1 aromatic rings. The fourth-order valence-electron chi connectivity index (χ4n) is 5.26. The van der Waals surface area contributed by atoms with Crippen LogP contribution in [0.4, 0.5) is 0 Å². The smallest absolute Gasteiger partial charge is 0.311 e. The highest BCUT2D eigenvalue weighted by Crippen LogP contribution is 2.55. The molecule has 0 saturated carbocycles. The maximum absolute atomic E-state index is 12.9. The van der Waals surface area contributed by atoms with Gasteiger partial charge in [-0.1, -0.05) is 30.3 Å². The van der Waals surface area contributed by atoms with Gasteiger partial charge in [0.05, 0.1) is 24.0 Å². The number of hydrogen-bond donors (Lipinski definition) is 2. The van der Waals surface area contributed by atoms with Gasteiger partial charge in [-0.2, -0.15) is 0 Å². The molecular weight excluding hydrogens is 536 g/mol. The molecule has 0 amide bonds. The summed E-state index contributed by atoms with van der Waals surface area (Å²) in [7, 11) is 0. The van der Waals surface area contributed by atoms with Crippen LogP contribution in [0.25, 0.3) is 0 Å². The molecule has 3 heterocycles. The predicted molar refractivity (Wildman–Crippen MR) is 144 cm³/mol. The van der Waals surface area contributed by atoms with Crippen molar-refractivity contribution in [1.82, 2.24) is 0 Å². The second-order valence-corrected chi connectivity index (χ2v) is 13.5. The molecule has 3 fully saturated rings. The van der Waals surface area contributed by atoms with E-state index in [1.165, 1.54) is 0 Å². The lowest BCUT2D eigenvalue weighted by molar-refractivity contribution is -0.340. The first-order chi connectivity index (χ1) is 18.9. The number of carbonyl (C=O) groups excluding carboxylic acids is 2. The number of benzene rings is 1. The van der Waals surface area contributed by atoms with E-state index in [0.29, 0.717) is 0 Å². The first-order valence-electron chi connectivity index (χ1n) is 14.0. The molecule has 0 unspecified atom stereocenters. The number of carbonyl (C=O) groups is 2. The Morgan fingerprint density at radius 3 is 2.24 bits per heavy atom. The third-order valence-corrected chi connectivity index (χ3v) is 7.51. The van der Waals surface area contributed by atoms with Crippen molar-refractivity contribution in [2.24, 2.45) is 10.8 Å². The van der Waals surface area contributed by atoms with E-state index in [1.54, 1.807) is 55.4 Å². The normalized spacial score (nSPS) is 31.2. The van der Waals surface area contributed by atoms with Gasteiger partial charge in [-0.25, -0.2) is 0 Å². The Morgan fingerprint density at radius 1 is 1.02 bits per heavy atom. The van der Waals surface area contributed by atoms with Gasteiger partial charge in [0.2, 0.25) is 0 Å². The van der Waals surface area contributed by atoms with Gasteiger partial charge in [0.1, 0.15) is 37.6 Å². The summed E-state index contributed by atoms with van der Waals surface area (Å²) in [6, 6.07) is 9.51. The second kappa shape index (κ2) is 11.2. The van der Waals surface area contributed by atoms with Crippen LogP contribution in [0, 0.1) is 10.8 Å². The molecular formula is C30H44O11. The van der Waals surface area contributed by atoms with E-state index in [4.69, 9.17) is 33.2 Å². The number of hydrogen-bond acceptors (Lipinski definition) is 11. The summed E-state index contributed by atoms with van der Waals surface area (Å²) in [4.78, 5) is 25.4. The van der Waals surface area contributed by atoms with Gasteiger partial charge in [-0.05, 0) is 61.0 Å². The lowest BCUT2D eigenvalue weighted by atomic mass is 9.71. The van der Waals surface area contributed by atoms with Crippen LogP contribution in [-0.4, -0.2) is 89.7 Å². The molecule has 1 aromatic carbocycles. The van der Waals surface area contributed by atoms with Crippen molar-refractivity contribution in [2.75, 3.05) is 19.8 Å². The summed E-state index contributed by atoms with van der Waals surface area (Å²) in [6.07, 6.45) is -5.41. The number of fused-ring (bicyclic) bond motifs is 4. The molecule has 0 radical (unpaired) electrons. The minimum atomic E-state index is -2.43. The Kier molecular flexibility index (Phi) is 8.67. The summed E-state index contributed by atoms with van der Waals surface area (Å²) in [5, 5.41) is 24.1. The number of aliphatic hydroxyl groups excluding tert-OH is 1. The summed E-state index contributed by atoms with van der Waals surface area (Å²) in [5.41, 5.74) is -5.25. The molecule has 3 aliphatic rings. The third-order valence-electron chi connectivity index (χ3n) is 7.51. The summed E-state index contributed by atoms with van der Waals surface area (Å²) >= 11 is 0. The summed E-state index contributed by atoms with van der Waals surface area (Å²) in [5.74, 6) is -2.51. The molecule has 0 spiro atoms. The van der Waals surface area contributed by atoms with E-state index in [-0.39, 0.29) is 13.2 Å². The molecule has 3 saturated heterocycles.